The van der Waals surface area contributed by atoms with Crippen molar-refractivity contribution in [1.82, 2.24) is 19.8 Å². The van der Waals surface area contributed by atoms with E-state index in [1.807, 2.05) is 24.4 Å². The Kier molecular flexibility index (Phi) is 6.06. The molecule has 1 aliphatic heterocycles. The fraction of sp³-hybridized carbons (Fsp3) is 0.474. The van der Waals surface area contributed by atoms with Gasteiger partial charge in [-0.25, -0.2) is 9.78 Å². The number of nitrogens with zero attached hydrogens (tertiary/aromatic N) is 3. The van der Waals surface area contributed by atoms with Crippen molar-refractivity contribution < 1.29 is 9.90 Å². The number of benzene rings is 1. The summed E-state index contributed by atoms with van der Waals surface area (Å²) in [5, 5.41) is 12.2. The van der Waals surface area contributed by atoms with Crippen LogP contribution in [0.3, 0.4) is 0 Å². The third-order valence-corrected chi connectivity index (χ3v) is 4.75. The molecule has 1 atom stereocenters. The summed E-state index contributed by atoms with van der Waals surface area (Å²) in [6, 6.07) is 10.3. The van der Waals surface area contributed by atoms with Crippen LogP contribution in [0.4, 0.5) is 4.79 Å². The Hall–Kier alpha value is -2.34. The molecule has 3 rings (SSSR count). The number of likely N-dealkylation sites (tertiary alicyclic amines) is 1. The molecule has 0 spiro atoms. The van der Waals surface area contributed by atoms with Crippen LogP contribution in [0.15, 0.2) is 42.7 Å². The fourth-order valence-corrected chi connectivity index (χ4v) is 3.27. The smallest absolute Gasteiger partial charge is 0.317 e. The number of amides is 2. The van der Waals surface area contributed by atoms with Gasteiger partial charge in [0, 0.05) is 38.6 Å². The fourth-order valence-electron chi connectivity index (χ4n) is 3.27. The first-order valence-electron chi connectivity index (χ1n) is 8.94. The molecule has 1 saturated heterocycles. The number of piperidine rings is 1. The van der Waals surface area contributed by atoms with E-state index >= 15 is 0 Å². The minimum absolute atomic E-state index is 0.0734. The number of rotatable bonds is 6. The summed E-state index contributed by atoms with van der Waals surface area (Å²) in [5.74, 6) is 1.06. The van der Waals surface area contributed by atoms with E-state index in [4.69, 9.17) is 0 Å². The average Bonchev–Trinajstić information content (AvgIpc) is 3.12. The predicted octanol–water partition coefficient (Wildman–Crippen LogP) is 2.04. The highest BCUT2D eigenvalue weighted by molar-refractivity contribution is 5.74. The molecule has 6 heteroatoms. The number of aromatic nitrogens is 2. The van der Waals surface area contributed by atoms with Crippen molar-refractivity contribution in [2.24, 2.45) is 5.92 Å². The summed E-state index contributed by atoms with van der Waals surface area (Å²) in [7, 11) is 0. The first-order valence-corrected chi connectivity index (χ1v) is 8.94. The SMILES string of the molecule is O=C(NCc1nccn1CCc1ccccc1)N1CCCC(CO)C1. The first kappa shape index (κ1) is 17.5. The van der Waals surface area contributed by atoms with Crippen LogP contribution >= 0.6 is 0 Å². The van der Waals surface area contributed by atoms with E-state index in [-0.39, 0.29) is 18.6 Å². The number of carbonyl (C=O) groups excluding carboxylic acids is 1. The summed E-state index contributed by atoms with van der Waals surface area (Å²) >= 11 is 0. The molecule has 0 saturated carbocycles. The van der Waals surface area contributed by atoms with Crippen LogP contribution in [0, 0.1) is 5.92 Å². The van der Waals surface area contributed by atoms with E-state index in [2.05, 4.69) is 27.0 Å². The van der Waals surface area contributed by atoms with Crippen LogP contribution in [0.5, 0.6) is 0 Å². The Bertz CT molecular complexity index is 671. The van der Waals surface area contributed by atoms with E-state index in [1.54, 1.807) is 11.1 Å². The van der Waals surface area contributed by atoms with Gasteiger partial charge >= 0.3 is 6.03 Å². The molecule has 2 heterocycles. The number of urea groups is 1. The van der Waals surface area contributed by atoms with E-state index in [1.165, 1.54) is 5.56 Å². The molecule has 0 bridgehead atoms. The highest BCUT2D eigenvalue weighted by Crippen LogP contribution is 2.15. The first-order chi connectivity index (χ1) is 12.3. The quantitative estimate of drug-likeness (QED) is 0.844. The Morgan fingerprint density at radius 2 is 2.16 bits per heavy atom. The number of aryl methyl sites for hydroxylation is 2. The molecule has 1 fully saturated rings. The van der Waals surface area contributed by atoms with Gasteiger partial charge in [-0.2, -0.15) is 0 Å². The van der Waals surface area contributed by atoms with Crippen LogP contribution < -0.4 is 5.32 Å². The standard InChI is InChI=1S/C19H26N4O2/c24-15-17-7-4-10-23(14-17)19(25)21-13-18-20-9-12-22(18)11-8-16-5-2-1-3-6-16/h1-3,5-6,9,12,17,24H,4,7-8,10-11,13-15H2,(H,21,25). The molecule has 2 aromatic rings. The van der Waals surface area contributed by atoms with Crippen molar-refractivity contribution in [3.63, 3.8) is 0 Å². The van der Waals surface area contributed by atoms with E-state index in [0.29, 0.717) is 13.1 Å². The minimum Gasteiger partial charge on any atom is -0.396 e. The summed E-state index contributed by atoms with van der Waals surface area (Å²) in [5.41, 5.74) is 1.29. The lowest BCUT2D eigenvalue weighted by molar-refractivity contribution is 0.129. The maximum absolute atomic E-state index is 12.3. The Balaban J connectivity index is 1.50. The van der Waals surface area contributed by atoms with Gasteiger partial charge in [0.05, 0.1) is 6.54 Å². The molecule has 1 unspecified atom stereocenters. The highest BCUT2D eigenvalue weighted by Gasteiger charge is 2.23. The Morgan fingerprint density at radius 1 is 1.32 bits per heavy atom. The van der Waals surface area contributed by atoms with Crippen LogP contribution in [-0.2, 0) is 19.5 Å². The van der Waals surface area contributed by atoms with Crippen molar-refractivity contribution in [1.29, 1.82) is 0 Å². The average molecular weight is 342 g/mol. The molecule has 25 heavy (non-hydrogen) atoms. The molecule has 0 aliphatic carbocycles. The van der Waals surface area contributed by atoms with Gasteiger partial charge in [0.15, 0.2) is 0 Å². The third kappa shape index (κ3) is 4.82. The molecule has 2 amide bonds. The minimum atomic E-state index is -0.0734. The molecule has 1 aromatic carbocycles. The van der Waals surface area contributed by atoms with Gasteiger partial charge in [-0.1, -0.05) is 30.3 Å². The van der Waals surface area contributed by atoms with Crippen molar-refractivity contribution in [2.75, 3.05) is 19.7 Å². The van der Waals surface area contributed by atoms with E-state index in [9.17, 15) is 9.90 Å². The van der Waals surface area contributed by atoms with Gasteiger partial charge in [0.2, 0.25) is 0 Å². The summed E-state index contributed by atoms with van der Waals surface area (Å²) in [6.07, 6.45) is 6.60. The molecule has 6 nitrogen and oxygen atoms in total. The second-order valence-corrected chi connectivity index (χ2v) is 6.57. The van der Waals surface area contributed by atoms with Crippen molar-refractivity contribution >= 4 is 6.03 Å². The number of imidazole rings is 1. The van der Waals surface area contributed by atoms with Gasteiger partial charge < -0.3 is 19.9 Å². The van der Waals surface area contributed by atoms with Gasteiger partial charge in [-0.05, 0) is 30.7 Å². The number of aliphatic hydroxyl groups excluding tert-OH is 1. The van der Waals surface area contributed by atoms with Crippen molar-refractivity contribution in [3.8, 4) is 0 Å². The lowest BCUT2D eigenvalue weighted by atomic mass is 9.99. The van der Waals surface area contributed by atoms with Gasteiger partial charge in [0.25, 0.3) is 0 Å². The molecule has 2 N–H and O–H groups in total. The Morgan fingerprint density at radius 3 is 2.96 bits per heavy atom. The molecule has 1 aliphatic rings. The summed E-state index contributed by atoms with van der Waals surface area (Å²) < 4.78 is 2.08. The lowest BCUT2D eigenvalue weighted by Crippen LogP contribution is -2.46. The second-order valence-electron chi connectivity index (χ2n) is 6.57. The predicted molar refractivity (Wildman–Crippen MR) is 96.0 cm³/mol. The zero-order valence-corrected chi connectivity index (χ0v) is 14.5. The molecule has 134 valence electrons. The topological polar surface area (TPSA) is 70.4 Å². The van der Waals surface area contributed by atoms with Crippen LogP contribution in [-0.4, -0.2) is 45.3 Å². The molecular weight excluding hydrogens is 316 g/mol. The zero-order chi connectivity index (χ0) is 17.5. The number of hydrogen-bond donors (Lipinski definition) is 2. The van der Waals surface area contributed by atoms with Gasteiger partial charge in [0.1, 0.15) is 5.82 Å². The van der Waals surface area contributed by atoms with Crippen LogP contribution in [0.2, 0.25) is 0 Å². The third-order valence-electron chi connectivity index (χ3n) is 4.75. The van der Waals surface area contributed by atoms with Gasteiger partial charge in [-0.3, -0.25) is 0 Å². The van der Waals surface area contributed by atoms with E-state index < -0.39 is 0 Å². The summed E-state index contributed by atoms with van der Waals surface area (Å²) in [6.45, 7) is 2.79. The van der Waals surface area contributed by atoms with E-state index in [0.717, 1.165) is 38.2 Å². The van der Waals surface area contributed by atoms with Gasteiger partial charge in [-0.15, -0.1) is 0 Å². The van der Waals surface area contributed by atoms with Crippen molar-refractivity contribution in [2.45, 2.75) is 32.4 Å². The number of carbonyl (C=O) groups is 1. The molecule has 0 radical (unpaired) electrons. The molecular formula is C19H26N4O2. The monoisotopic (exact) mass is 342 g/mol. The normalized spacial score (nSPS) is 17.5. The second kappa shape index (κ2) is 8.67. The number of nitrogens with one attached hydrogen (secondary N) is 1. The largest absolute Gasteiger partial charge is 0.396 e. The number of aliphatic hydroxyl groups is 1. The highest BCUT2D eigenvalue weighted by atomic mass is 16.3. The Labute approximate surface area is 148 Å². The van der Waals surface area contributed by atoms with Crippen LogP contribution in [0.1, 0.15) is 24.2 Å². The lowest BCUT2D eigenvalue weighted by Gasteiger charge is -2.31. The maximum Gasteiger partial charge on any atom is 0.317 e. The maximum atomic E-state index is 12.3. The molecule has 1 aromatic heterocycles. The zero-order valence-electron chi connectivity index (χ0n) is 14.5. The van der Waals surface area contributed by atoms with Crippen LogP contribution in [0.25, 0.3) is 0 Å². The van der Waals surface area contributed by atoms with Crippen molar-refractivity contribution in [3.05, 3.63) is 54.1 Å². The number of hydrogen-bond acceptors (Lipinski definition) is 3. The summed E-state index contributed by atoms with van der Waals surface area (Å²) in [4.78, 5) is 18.5.